The molecule has 3 heterocycles. The zero-order valence-corrected chi connectivity index (χ0v) is 15.4. The summed E-state index contributed by atoms with van der Waals surface area (Å²) in [7, 11) is 0. The summed E-state index contributed by atoms with van der Waals surface area (Å²) in [5.41, 5.74) is 11.3. The lowest BCUT2D eigenvalue weighted by atomic mass is 9.95. The Balaban J connectivity index is 1.76. The van der Waals surface area contributed by atoms with Crippen molar-refractivity contribution in [1.82, 2.24) is 9.55 Å². The third kappa shape index (κ3) is 2.13. The van der Waals surface area contributed by atoms with Crippen LogP contribution in [-0.4, -0.2) is 15.5 Å². The number of carbonyl (C=O) groups is 1. The first-order chi connectivity index (χ1) is 12.6. The highest BCUT2D eigenvalue weighted by molar-refractivity contribution is 7.21. The van der Waals surface area contributed by atoms with Crippen LogP contribution < -0.4 is 5.73 Å². The SMILES string of the molecule is Cc1ccc2c(N)c(C(=O)n3c4c(c5ccccc53)CCCC4)sc2n1. The second kappa shape index (κ2) is 5.68. The maximum absolute atomic E-state index is 13.5. The number of aromatic nitrogens is 2. The van der Waals surface area contributed by atoms with Gasteiger partial charge >= 0.3 is 0 Å². The molecule has 5 rings (SSSR count). The van der Waals surface area contributed by atoms with Crippen LogP contribution in [-0.2, 0) is 12.8 Å². The summed E-state index contributed by atoms with van der Waals surface area (Å²) in [4.78, 5) is 19.5. The summed E-state index contributed by atoms with van der Waals surface area (Å²) < 4.78 is 1.90. The number of nitrogens with two attached hydrogens (primary N) is 1. The number of hydrogen-bond acceptors (Lipinski definition) is 4. The Kier molecular flexibility index (Phi) is 3.40. The van der Waals surface area contributed by atoms with Crippen LogP contribution in [0.2, 0.25) is 0 Å². The number of carbonyl (C=O) groups excluding carboxylic acids is 1. The number of benzene rings is 1. The largest absolute Gasteiger partial charge is 0.397 e. The van der Waals surface area contributed by atoms with Crippen LogP contribution in [0.1, 0.15) is 39.5 Å². The Morgan fingerprint density at radius 3 is 2.81 bits per heavy atom. The van der Waals surface area contributed by atoms with E-state index in [1.165, 1.54) is 28.7 Å². The number of fused-ring (bicyclic) bond motifs is 4. The molecule has 0 radical (unpaired) electrons. The molecular weight excluding hydrogens is 342 g/mol. The van der Waals surface area contributed by atoms with E-state index in [0.717, 1.165) is 46.4 Å². The van der Waals surface area contributed by atoms with Gasteiger partial charge in [-0.1, -0.05) is 18.2 Å². The molecule has 26 heavy (non-hydrogen) atoms. The lowest BCUT2D eigenvalue weighted by Crippen LogP contribution is -2.17. The van der Waals surface area contributed by atoms with Gasteiger partial charge in [0, 0.05) is 22.2 Å². The van der Waals surface area contributed by atoms with E-state index in [4.69, 9.17) is 5.73 Å². The summed E-state index contributed by atoms with van der Waals surface area (Å²) in [6.45, 7) is 1.95. The number of rotatable bonds is 1. The Morgan fingerprint density at radius 2 is 1.92 bits per heavy atom. The number of pyridine rings is 1. The number of aryl methyl sites for hydroxylation is 2. The van der Waals surface area contributed by atoms with E-state index in [0.29, 0.717) is 10.6 Å². The van der Waals surface area contributed by atoms with Crippen molar-refractivity contribution in [2.75, 3.05) is 5.73 Å². The molecule has 0 saturated heterocycles. The minimum absolute atomic E-state index is 0.0255. The van der Waals surface area contributed by atoms with E-state index in [2.05, 4.69) is 11.1 Å². The van der Waals surface area contributed by atoms with Crippen LogP contribution >= 0.6 is 11.3 Å². The lowest BCUT2D eigenvalue weighted by Gasteiger charge is -2.14. The van der Waals surface area contributed by atoms with E-state index in [1.807, 2.05) is 41.8 Å². The fourth-order valence-corrected chi connectivity index (χ4v) is 5.15. The molecule has 0 bridgehead atoms. The van der Waals surface area contributed by atoms with Gasteiger partial charge < -0.3 is 5.73 Å². The van der Waals surface area contributed by atoms with E-state index in [9.17, 15) is 4.79 Å². The number of hydrogen-bond donors (Lipinski definition) is 1. The molecule has 5 heteroatoms. The second-order valence-corrected chi connectivity index (χ2v) is 7.94. The minimum Gasteiger partial charge on any atom is -0.397 e. The van der Waals surface area contributed by atoms with Crippen molar-refractivity contribution in [3.8, 4) is 0 Å². The molecule has 1 aliphatic carbocycles. The average molecular weight is 361 g/mol. The Bertz CT molecular complexity index is 1190. The number of thiophene rings is 1. The first kappa shape index (κ1) is 15.6. The van der Waals surface area contributed by atoms with Crippen LogP contribution in [0, 0.1) is 6.92 Å². The van der Waals surface area contributed by atoms with Gasteiger partial charge in [-0.3, -0.25) is 9.36 Å². The van der Waals surface area contributed by atoms with E-state index in [1.54, 1.807) is 0 Å². The molecule has 0 unspecified atom stereocenters. The Hall–Kier alpha value is -2.66. The third-order valence-corrected chi connectivity index (χ3v) is 6.41. The van der Waals surface area contributed by atoms with Gasteiger partial charge in [0.1, 0.15) is 9.71 Å². The van der Waals surface area contributed by atoms with Gasteiger partial charge in [0.05, 0.1) is 11.2 Å². The topological polar surface area (TPSA) is 60.9 Å². The maximum atomic E-state index is 13.5. The summed E-state index contributed by atoms with van der Waals surface area (Å²) in [6.07, 6.45) is 4.29. The lowest BCUT2D eigenvalue weighted by molar-refractivity contribution is 0.0966. The highest BCUT2D eigenvalue weighted by Gasteiger charge is 2.26. The van der Waals surface area contributed by atoms with Crippen LogP contribution in [0.5, 0.6) is 0 Å². The molecule has 4 aromatic rings. The van der Waals surface area contributed by atoms with Crippen LogP contribution in [0.25, 0.3) is 21.1 Å². The monoisotopic (exact) mass is 361 g/mol. The van der Waals surface area contributed by atoms with E-state index < -0.39 is 0 Å². The van der Waals surface area contributed by atoms with Crippen molar-refractivity contribution < 1.29 is 4.79 Å². The van der Waals surface area contributed by atoms with Crippen molar-refractivity contribution in [3.63, 3.8) is 0 Å². The first-order valence-electron chi connectivity index (χ1n) is 8.96. The smallest absolute Gasteiger partial charge is 0.274 e. The molecule has 1 aromatic carbocycles. The molecule has 0 amide bonds. The van der Waals surface area contributed by atoms with Gasteiger partial charge in [-0.2, -0.15) is 0 Å². The van der Waals surface area contributed by atoms with Crippen molar-refractivity contribution in [1.29, 1.82) is 0 Å². The highest BCUT2D eigenvalue weighted by atomic mass is 32.1. The van der Waals surface area contributed by atoms with Crippen molar-refractivity contribution in [2.45, 2.75) is 32.6 Å². The number of nitrogens with zero attached hydrogens (tertiary/aromatic N) is 2. The molecule has 1 aliphatic rings. The van der Waals surface area contributed by atoms with Crippen molar-refractivity contribution in [3.05, 3.63) is 58.2 Å². The number of nitrogen functional groups attached to an aromatic ring is 1. The van der Waals surface area contributed by atoms with Gasteiger partial charge in [0.25, 0.3) is 5.91 Å². The average Bonchev–Trinajstić information content (AvgIpc) is 3.16. The van der Waals surface area contributed by atoms with Crippen molar-refractivity contribution >= 4 is 44.1 Å². The molecular formula is C21H19N3OS. The second-order valence-electron chi connectivity index (χ2n) is 6.94. The molecule has 0 atom stereocenters. The zero-order chi connectivity index (χ0) is 17.8. The Morgan fingerprint density at radius 1 is 1.12 bits per heavy atom. The molecule has 0 saturated carbocycles. The summed E-state index contributed by atoms with van der Waals surface area (Å²) in [5.74, 6) is -0.0255. The molecule has 3 aromatic heterocycles. The van der Waals surface area contributed by atoms with Gasteiger partial charge in [-0.15, -0.1) is 11.3 Å². The molecule has 4 nitrogen and oxygen atoms in total. The Labute approximate surface area is 155 Å². The van der Waals surface area contributed by atoms with E-state index >= 15 is 0 Å². The normalized spacial score (nSPS) is 14.0. The quantitative estimate of drug-likeness (QED) is 0.534. The maximum Gasteiger partial charge on any atom is 0.274 e. The fraction of sp³-hybridized carbons (Fsp3) is 0.238. The highest BCUT2D eigenvalue weighted by Crippen LogP contribution is 2.37. The number of anilines is 1. The van der Waals surface area contributed by atoms with Crippen LogP contribution in [0.3, 0.4) is 0 Å². The molecule has 130 valence electrons. The predicted molar refractivity (Wildman–Crippen MR) is 107 cm³/mol. The molecule has 0 spiro atoms. The van der Waals surface area contributed by atoms with Crippen LogP contribution in [0.15, 0.2) is 36.4 Å². The minimum atomic E-state index is -0.0255. The standard InChI is InChI=1S/C21H19N3OS/c1-12-10-11-15-18(22)19(26-20(15)23-12)21(25)24-16-8-4-2-6-13(16)14-7-3-5-9-17(14)24/h2,4,6,8,10-11H,3,5,7,9,22H2,1H3. The third-order valence-electron chi connectivity index (χ3n) is 5.31. The van der Waals surface area contributed by atoms with Gasteiger partial charge in [-0.05, 0) is 56.4 Å². The predicted octanol–water partition coefficient (Wildman–Crippen LogP) is 4.71. The van der Waals surface area contributed by atoms with E-state index in [-0.39, 0.29) is 5.91 Å². The molecule has 0 aliphatic heterocycles. The van der Waals surface area contributed by atoms with Gasteiger partial charge in [-0.25, -0.2) is 4.98 Å². The molecule has 0 fully saturated rings. The molecule has 2 N–H and O–H groups in total. The first-order valence-corrected chi connectivity index (χ1v) is 9.78. The summed E-state index contributed by atoms with van der Waals surface area (Å²) >= 11 is 1.40. The van der Waals surface area contributed by atoms with Gasteiger partial charge in [0.15, 0.2) is 0 Å². The zero-order valence-electron chi connectivity index (χ0n) is 14.6. The fourth-order valence-electron chi connectivity index (χ4n) is 4.08. The van der Waals surface area contributed by atoms with Crippen molar-refractivity contribution in [2.24, 2.45) is 0 Å². The summed E-state index contributed by atoms with van der Waals surface area (Å²) in [6, 6.07) is 12.1. The van der Waals surface area contributed by atoms with Crippen LogP contribution in [0.4, 0.5) is 5.69 Å². The number of para-hydroxylation sites is 1. The summed E-state index contributed by atoms with van der Waals surface area (Å²) in [5, 5.41) is 2.07. The van der Waals surface area contributed by atoms with Gasteiger partial charge in [0.2, 0.25) is 0 Å².